The Hall–Kier alpha value is -3.51. The van der Waals surface area contributed by atoms with Crippen molar-refractivity contribution >= 4 is 5.57 Å². The predicted molar refractivity (Wildman–Crippen MR) is 146 cm³/mol. The molecule has 36 heavy (non-hydrogen) atoms. The molecule has 3 rings (SSSR count). The highest BCUT2D eigenvalue weighted by molar-refractivity contribution is 5.81. The summed E-state index contributed by atoms with van der Waals surface area (Å²) in [5, 5.41) is 6.32. The van der Waals surface area contributed by atoms with Gasteiger partial charge in [0.1, 0.15) is 0 Å². The summed E-state index contributed by atoms with van der Waals surface area (Å²) in [5.41, 5.74) is 8.28. The van der Waals surface area contributed by atoms with Gasteiger partial charge in [0.25, 0.3) is 5.92 Å². The van der Waals surface area contributed by atoms with Crippen molar-refractivity contribution in [2.45, 2.75) is 39.2 Å². The zero-order valence-corrected chi connectivity index (χ0v) is 21.5. The number of rotatable bonds is 10. The summed E-state index contributed by atoms with van der Waals surface area (Å²) in [6, 6.07) is 8.31. The highest BCUT2D eigenvalue weighted by Crippen LogP contribution is 2.30. The fraction of sp³-hybridized carbons (Fsp3) is 0.300. The van der Waals surface area contributed by atoms with Gasteiger partial charge in [-0.3, -0.25) is 9.88 Å². The Morgan fingerprint density at radius 3 is 2.47 bits per heavy atom. The maximum absolute atomic E-state index is 13.5. The van der Waals surface area contributed by atoms with E-state index in [0.29, 0.717) is 25.3 Å². The maximum atomic E-state index is 13.5. The molecule has 1 aliphatic rings. The molecule has 0 atom stereocenters. The average molecular weight is 491 g/mol. The number of nitrogens with zero attached hydrogens (tertiary/aromatic N) is 2. The topological polar surface area (TPSA) is 40.2 Å². The third-order valence-corrected chi connectivity index (χ3v) is 6.44. The number of halogens is 2. The van der Waals surface area contributed by atoms with E-state index in [2.05, 4.69) is 64.5 Å². The maximum Gasteiger partial charge on any atom is 0.250 e. The lowest BCUT2D eigenvalue weighted by Gasteiger charge is -2.31. The molecule has 1 aliphatic heterocycles. The number of likely N-dealkylation sites (tertiary alicyclic amines) is 1. The molecule has 1 aromatic carbocycles. The van der Waals surface area contributed by atoms with Gasteiger partial charge >= 0.3 is 0 Å². The van der Waals surface area contributed by atoms with Crippen molar-refractivity contribution in [1.82, 2.24) is 20.5 Å². The fourth-order valence-electron chi connectivity index (χ4n) is 4.05. The molecule has 0 radical (unpaired) electrons. The first-order chi connectivity index (χ1) is 17.1. The number of nitrogens with one attached hydrogen (secondary N) is 2. The van der Waals surface area contributed by atoms with Crippen LogP contribution in [0.2, 0.25) is 0 Å². The van der Waals surface area contributed by atoms with Crippen LogP contribution in [0.3, 0.4) is 0 Å². The van der Waals surface area contributed by atoms with Crippen molar-refractivity contribution in [1.29, 1.82) is 0 Å². The van der Waals surface area contributed by atoms with E-state index in [0.717, 1.165) is 44.8 Å². The van der Waals surface area contributed by atoms with Crippen LogP contribution in [0.4, 0.5) is 8.78 Å². The molecule has 2 heterocycles. The Labute approximate surface area is 213 Å². The molecule has 0 saturated carbocycles. The number of pyridine rings is 1. The Kier molecular flexibility index (Phi) is 8.99. The van der Waals surface area contributed by atoms with Gasteiger partial charge in [-0.05, 0) is 66.0 Å². The van der Waals surface area contributed by atoms with E-state index in [1.54, 1.807) is 0 Å². The number of alkyl halides is 2. The monoisotopic (exact) mass is 490 g/mol. The Morgan fingerprint density at radius 2 is 1.81 bits per heavy atom. The number of piperidine rings is 1. The minimum Gasteiger partial charge on any atom is -0.389 e. The minimum atomic E-state index is -2.54. The number of hydrogen-bond donors (Lipinski definition) is 2. The van der Waals surface area contributed by atoms with Gasteiger partial charge in [-0.2, -0.15) is 0 Å². The zero-order valence-electron chi connectivity index (χ0n) is 21.5. The molecule has 1 saturated heterocycles. The lowest BCUT2D eigenvalue weighted by molar-refractivity contribution is -0.0566. The minimum absolute atomic E-state index is 0.0869. The number of allylic oxidation sites excluding steroid dienone is 4. The molecular weight excluding hydrogens is 454 g/mol. The molecule has 190 valence electrons. The third-order valence-electron chi connectivity index (χ3n) is 6.44. The van der Waals surface area contributed by atoms with Gasteiger partial charge in [0.2, 0.25) is 0 Å². The lowest BCUT2D eigenvalue weighted by Crippen LogP contribution is -2.38. The number of likely N-dealkylation sites (N-methyl/N-ethyl adjacent to an activating group) is 1. The third kappa shape index (κ3) is 7.25. The van der Waals surface area contributed by atoms with E-state index in [1.165, 1.54) is 0 Å². The van der Waals surface area contributed by atoms with Crippen LogP contribution in [0.15, 0.2) is 91.7 Å². The van der Waals surface area contributed by atoms with Gasteiger partial charge < -0.3 is 10.6 Å². The van der Waals surface area contributed by atoms with E-state index in [4.69, 9.17) is 0 Å². The van der Waals surface area contributed by atoms with Crippen LogP contribution in [0, 0.1) is 6.92 Å². The summed E-state index contributed by atoms with van der Waals surface area (Å²) in [4.78, 5) is 6.49. The highest BCUT2D eigenvalue weighted by atomic mass is 19.3. The van der Waals surface area contributed by atoms with Crippen molar-refractivity contribution in [2.24, 2.45) is 0 Å². The number of hydrogen-bond acceptors (Lipinski definition) is 4. The Morgan fingerprint density at radius 1 is 1.08 bits per heavy atom. The summed E-state index contributed by atoms with van der Waals surface area (Å²) < 4.78 is 27.0. The van der Waals surface area contributed by atoms with Crippen molar-refractivity contribution in [3.05, 3.63) is 108 Å². The lowest BCUT2D eigenvalue weighted by atomic mass is 9.94. The predicted octanol–water partition coefficient (Wildman–Crippen LogP) is 6.60. The van der Waals surface area contributed by atoms with Crippen LogP contribution >= 0.6 is 0 Å². The SMILES string of the molecule is C=C(/C=C\C(=C/C)NC(=C)C(=C)c1cc(-c2cncc(CN3CCC(F)(F)CC3)c2)ccc1C)NC. The van der Waals surface area contributed by atoms with Crippen LogP contribution in [-0.4, -0.2) is 35.9 Å². The summed E-state index contributed by atoms with van der Waals surface area (Å²) in [7, 11) is 1.83. The second kappa shape index (κ2) is 12.0. The summed E-state index contributed by atoms with van der Waals surface area (Å²) in [6.45, 7) is 17.8. The molecule has 0 unspecified atom stereocenters. The van der Waals surface area contributed by atoms with Gasteiger partial charge in [0, 0.05) is 74.6 Å². The van der Waals surface area contributed by atoms with Crippen LogP contribution < -0.4 is 10.6 Å². The molecule has 2 N–H and O–H groups in total. The van der Waals surface area contributed by atoms with E-state index < -0.39 is 5.92 Å². The van der Waals surface area contributed by atoms with Crippen LogP contribution in [0.25, 0.3) is 16.7 Å². The standard InChI is InChI=1S/C30H36F2N4/c1-7-28(11-9-22(3)33-6)35-24(5)23(4)29-17-26(10-8-21(29)2)27-16-25(18-34-19-27)20-36-14-12-30(31,32)13-15-36/h7-11,16-19,33,35H,3-5,12-15,20H2,1-2,6H3/b11-9-,28-7+. The Balaban J connectivity index is 1.75. The number of aromatic nitrogens is 1. The smallest absolute Gasteiger partial charge is 0.250 e. The van der Waals surface area contributed by atoms with Crippen molar-refractivity contribution in [2.75, 3.05) is 20.1 Å². The molecule has 1 aromatic heterocycles. The summed E-state index contributed by atoms with van der Waals surface area (Å²) in [6.07, 6.45) is 9.25. The van der Waals surface area contributed by atoms with Gasteiger partial charge in [0.15, 0.2) is 0 Å². The second-order valence-corrected chi connectivity index (χ2v) is 9.18. The fourth-order valence-corrected chi connectivity index (χ4v) is 4.05. The molecule has 0 spiro atoms. The largest absolute Gasteiger partial charge is 0.389 e. The zero-order chi connectivity index (χ0) is 26.3. The second-order valence-electron chi connectivity index (χ2n) is 9.18. The molecule has 2 aromatic rings. The summed E-state index contributed by atoms with van der Waals surface area (Å²) in [5.74, 6) is -2.54. The van der Waals surface area contributed by atoms with E-state index in [-0.39, 0.29) is 12.8 Å². The van der Waals surface area contributed by atoms with Gasteiger partial charge in [-0.25, -0.2) is 8.78 Å². The van der Waals surface area contributed by atoms with Crippen molar-refractivity contribution < 1.29 is 8.78 Å². The van der Waals surface area contributed by atoms with Crippen LogP contribution in [0.1, 0.15) is 36.5 Å². The van der Waals surface area contributed by atoms with Crippen LogP contribution in [-0.2, 0) is 6.54 Å². The van der Waals surface area contributed by atoms with Gasteiger partial charge in [-0.1, -0.05) is 37.9 Å². The van der Waals surface area contributed by atoms with Gasteiger partial charge in [0.05, 0.1) is 0 Å². The average Bonchev–Trinajstić information content (AvgIpc) is 2.87. The van der Waals surface area contributed by atoms with Crippen molar-refractivity contribution in [3.63, 3.8) is 0 Å². The molecule has 0 aliphatic carbocycles. The van der Waals surface area contributed by atoms with Crippen LogP contribution in [0.5, 0.6) is 0 Å². The first-order valence-electron chi connectivity index (χ1n) is 12.1. The summed E-state index contributed by atoms with van der Waals surface area (Å²) >= 11 is 0. The van der Waals surface area contributed by atoms with Gasteiger partial charge in [-0.15, -0.1) is 0 Å². The number of benzene rings is 1. The first-order valence-corrected chi connectivity index (χ1v) is 12.1. The molecule has 0 amide bonds. The molecule has 4 nitrogen and oxygen atoms in total. The quantitative estimate of drug-likeness (QED) is 0.368. The van der Waals surface area contributed by atoms with Crippen molar-refractivity contribution in [3.8, 4) is 11.1 Å². The molecule has 1 fully saturated rings. The highest BCUT2D eigenvalue weighted by Gasteiger charge is 2.33. The van der Waals surface area contributed by atoms with E-state index in [9.17, 15) is 8.78 Å². The first kappa shape index (κ1) is 27.1. The van der Waals surface area contributed by atoms with E-state index in [1.807, 2.05) is 51.5 Å². The molecule has 0 bridgehead atoms. The molecular formula is C30H36F2N4. The normalized spacial score (nSPS) is 16.1. The molecule has 6 heteroatoms. The number of aryl methyl sites for hydroxylation is 1. The Bertz CT molecular complexity index is 1180. The van der Waals surface area contributed by atoms with E-state index >= 15 is 0 Å².